The van der Waals surface area contributed by atoms with Gasteiger partial charge in [-0.1, -0.05) is 5.21 Å². The molecule has 0 unspecified atom stereocenters. The largest absolute Gasteiger partial charge is 0.476 e. The highest BCUT2D eigenvalue weighted by Gasteiger charge is 2.16. The number of hydrogen-bond donors (Lipinski definition) is 1. The van der Waals surface area contributed by atoms with Crippen molar-refractivity contribution in [2.24, 2.45) is 0 Å². The smallest absolute Gasteiger partial charge is 0.358 e. The second kappa shape index (κ2) is 3.93. The highest BCUT2D eigenvalue weighted by molar-refractivity contribution is 5.86. The van der Waals surface area contributed by atoms with Crippen molar-refractivity contribution in [1.82, 2.24) is 15.0 Å². The molecule has 1 N–H and O–H groups in total. The third kappa shape index (κ3) is 1.86. The van der Waals surface area contributed by atoms with E-state index in [1.54, 1.807) is 0 Å². The third-order valence-electron chi connectivity index (χ3n) is 2.24. The predicted octanol–water partition coefficient (Wildman–Crippen LogP) is 1.55. The molecule has 88 valence electrons. The first-order valence-corrected chi connectivity index (χ1v) is 4.61. The van der Waals surface area contributed by atoms with Gasteiger partial charge in [-0.25, -0.2) is 18.3 Å². The highest BCUT2D eigenvalue weighted by Crippen LogP contribution is 2.15. The van der Waals surface area contributed by atoms with Gasteiger partial charge in [-0.3, -0.25) is 0 Å². The number of carbonyl (C=O) groups is 1. The highest BCUT2D eigenvalue weighted by atomic mass is 19.2. The number of nitrogens with zero attached hydrogens (tertiary/aromatic N) is 3. The minimum absolute atomic E-state index is 0.210. The van der Waals surface area contributed by atoms with Crippen LogP contribution in [0.5, 0.6) is 0 Å². The molecule has 0 aliphatic carbocycles. The quantitative estimate of drug-likeness (QED) is 0.863. The van der Waals surface area contributed by atoms with E-state index in [9.17, 15) is 13.6 Å². The van der Waals surface area contributed by atoms with Crippen molar-refractivity contribution in [2.75, 3.05) is 0 Å². The number of halogens is 2. The summed E-state index contributed by atoms with van der Waals surface area (Å²) in [6.07, 6.45) is 0. The van der Waals surface area contributed by atoms with E-state index in [2.05, 4.69) is 10.3 Å². The molecule has 2 aromatic rings. The second-order valence-corrected chi connectivity index (χ2v) is 3.34. The zero-order chi connectivity index (χ0) is 12.6. The van der Waals surface area contributed by atoms with E-state index in [1.165, 1.54) is 13.0 Å². The van der Waals surface area contributed by atoms with Gasteiger partial charge in [0.05, 0.1) is 11.4 Å². The summed E-state index contributed by atoms with van der Waals surface area (Å²) in [5.74, 6) is -3.24. The first kappa shape index (κ1) is 11.2. The summed E-state index contributed by atoms with van der Waals surface area (Å²) < 4.78 is 26.9. The summed E-state index contributed by atoms with van der Waals surface area (Å²) in [5.41, 5.74) is 0.222. The molecule has 0 atom stereocenters. The average molecular weight is 239 g/mol. The van der Waals surface area contributed by atoms with Crippen LogP contribution in [0.1, 0.15) is 16.2 Å². The van der Waals surface area contributed by atoms with Gasteiger partial charge in [-0.15, -0.1) is 5.10 Å². The molecule has 7 heteroatoms. The maximum Gasteiger partial charge on any atom is 0.358 e. The van der Waals surface area contributed by atoms with Crippen molar-refractivity contribution in [3.05, 3.63) is 41.2 Å². The minimum atomic E-state index is -1.23. The zero-order valence-corrected chi connectivity index (χ0v) is 8.69. The standard InChI is InChI=1S/C10H7F2N3O2/c1-5-9(10(16)17)13-14-15(5)6-2-3-7(11)8(12)4-6/h2-4H,1H3,(H,16,17). The Balaban J connectivity index is 2.53. The number of benzene rings is 1. The molecule has 0 saturated carbocycles. The Morgan fingerprint density at radius 3 is 2.59 bits per heavy atom. The van der Waals surface area contributed by atoms with Crippen LogP contribution >= 0.6 is 0 Å². The first-order valence-electron chi connectivity index (χ1n) is 4.61. The summed E-state index contributed by atoms with van der Waals surface area (Å²) in [6, 6.07) is 3.14. The Morgan fingerprint density at radius 1 is 1.35 bits per heavy atom. The lowest BCUT2D eigenvalue weighted by molar-refractivity contribution is 0.0689. The predicted molar refractivity (Wildman–Crippen MR) is 53.0 cm³/mol. The molecule has 0 spiro atoms. The maximum atomic E-state index is 13.0. The molecule has 0 aliphatic heterocycles. The van der Waals surface area contributed by atoms with Crippen LogP contribution in [0.15, 0.2) is 18.2 Å². The normalized spacial score (nSPS) is 10.5. The molecule has 2 rings (SSSR count). The van der Waals surface area contributed by atoms with Crippen LogP contribution in [-0.2, 0) is 0 Å². The van der Waals surface area contributed by atoms with E-state index in [1.807, 2.05) is 0 Å². The molecule has 0 bridgehead atoms. The Morgan fingerprint density at radius 2 is 2.06 bits per heavy atom. The molecule has 0 radical (unpaired) electrons. The molecule has 0 amide bonds. The van der Waals surface area contributed by atoms with Crippen molar-refractivity contribution in [2.45, 2.75) is 6.92 Å². The van der Waals surface area contributed by atoms with Crippen molar-refractivity contribution in [3.63, 3.8) is 0 Å². The topological polar surface area (TPSA) is 68.0 Å². The molecule has 5 nitrogen and oxygen atoms in total. The molecular weight excluding hydrogens is 232 g/mol. The molecule has 0 saturated heterocycles. The minimum Gasteiger partial charge on any atom is -0.476 e. The van der Waals surface area contributed by atoms with Crippen LogP contribution in [0.4, 0.5) is 8.78 Å². The van der Waals surface area contributed by atoms with Gasteiger partial charge in [0.15, 0.2) is 17.3 Å². The lowest BCUT2D eigenvalue weighted by Crippen LogP contribution is -2.03. The summed E-state index contributed by atoms with van der Waals surface area (Å²) >= 11 is 0. The van der Waals surface area contributed by atoms with E-state index in [4.69, 9.17) is 5.11 Å². The molecule has 0 aliphatic rings. The SMILES string of the molecule is Cc1c(C(=O)O)nnn1-c1ccc(F)c(F)c1. The fourth-order valence-corrected chi connectivity index (χ4v) is 1.39. The molecule has 17 heavy (non-hydrogen) atoms. The summed E-state index contributed by atoms with van der Waals surface area (Å²) in [4.78, 5) is 10.7. The summed E-state index contributed by atoms with van der Waals surface area (Å²) in [6.45, 7) is 1.48. The van der Waals surface area contributed by atoms with Crippen LogP contribution < -0.4 is 0 Å². The Hall–Kier alpha value is -2.31. The molecule has 1 heterocycles. The average Bonchev–Trinajstić information content (AvgIpc) is 2.64. The van der Waals surface area contributed by atoms with Gasteiger partial charge in [0.25, 0.3) is 0 Å². The van der Waals surface area contributed by atoms with Gasteiger partial charge in [0, 0.05) is 6.07 Å². The lowest BCUT2D eigenvalue weighted by atomic mass is 10.3. The second-order valence-electron chi connectivity index (χ2n) is 3.34. The fourth-order valence-electron chi connectivity index (χ4n) is 1.39. The molecular formula is C10H7F2N3O2. The van der Waals surface area contributed by atoms with Gasteiger partial charge in [0.2, 0.25) is 0 Å². The van der Waals surface area contributed by atoms with Gasteiger partial charge >= 0.3 is 5.97 Å². The summed E-state index contributed by atoms with van der Waals surface area (Å²) in [5, 5.41) is 15.8. The van der Waals surface area contributed by atoms with Gasteiger partial charge in [0.1, 0.15) is 0 Å². The van der Waals surface area contributed by atoms with Crippen molar-refractivity contribution in [3.8, 4) is 5.69 Å². The number of carboxylic acid groups (broad SMARTS) is 1. The lowest BCUT2D eigenvalue weighted by Gasteiger charge is -2.03. The van der Waals surface area contributed by atoms with Gasteiger partial charge in [-0.05, 0) is 19.1 Å². The third-order valence-corrected chi connectivity index (χ3v) is 2.24. The Labute approximate surface area is 94.3 Å². The van der Waals surface area contributed by atoms with Crippen LogP contribution in [-0.4, -0.2) is 26.1 Å². The Bertz CT molecular complexity index is 595. The Kier molecular flexibility index (Phi) is 2.58. The number of aromatic nitrogens is 3. The molecule has 1 aromatic heterocycles. The van der Waals surface area contributed by atoms with Crippen LogP contribution in [0, 0.1) is 18.6 Å². The fraction of sp³-hybridized carbons (Fsp3) is 0.100. The van der Waals surface area contributed by atoms with E-state index in [0.717, 1.165) is 16.8 Å². The van der Waals surface area contributed by atoms with Gasteiger partial charge in [-0.2, -0.15) is 0 Å². The molecule has 0 fully saturated rings. The number of carboxylic acids is 1. The van der Waals surface area contributed by atoms with E-state index < -0.39 is 17.6 Å². The number of hydrogen-bond acceptors (Lipinski definition) is 3. The van der Waals surface area contributed by atoms with Crippen molar-refractivity contribution < 1.29 is 18.7 Å². The van der Waals surface area contributed by atoms with Crippen LogP contribution in [0.3, 0.4) is 0 Å². The monoisotopic (exact) mass is 239 g/mol. The van der Waals surface area contributed by atoms with E-state index >= 15 is 0 Å². The summed E-state index contributed by atoms with van der Waals surface area (Å²) in [7, 11) is 0. The molecule has 1 aromatic carbocycles. The van der Waals surface area contributed by atoms with Crippen LogP contribution in [0.25, 0.3) is 5.69 Å². The van der Waals surface area contributed by atoms with Crippen molar-refractivity contribution >= 4 is 5.97 Å². The zero-order valence-electron chi connectivity index (χ0n) is 8.69. The van der Waals surface area contributed by atoms with Crippen LogP contribution in [0.2, 0.25) is 0 Å². The van der Waals surface area contributed by atoms with Crippen molar-refractivity contribution in [1.29, 1.82) is 0 Å². The number of rotatable bonds is 2. The van der Waals surface area contributed by atoms with E-state index in [0.29, 0.717) is 0 Å². The maximum absolute atomic E-state index is 13.0. The number of aromatic carboxylic acids is 1. The first-order chi connectivity index (χ1) is 8.00. The van der Waals surface area contributed by atoms with Gasteiger partial charge < -0.3 is 5.11 Å². The van der Waals surface area contributed by atoms with E-state index in [-0.39, 0.29) is 17.1 Å².